The van der Waals surface area contributed by atoms with E-state index in [1.807, 2.05) is 13.0 Å². The molecule has 0 spiro atoms. The number of aryl methyl sites for hydroxylation is 1. The minimum Gasteiger partial charge on any atom is -0.330 e. The number of nitrogens with two attached hydrogens (primary N) is 1. The second-order valence-electron chi connectivity index (χ2n) is 3.87. The zero-order valence-corrected chi connectivity index (χ0v) is 13.3. The molecule has 0 aliphatic rings. The van der Waals surface area contributed by atoms with Gasteiger partial charge in [0, 0.05) is 18.0 Å². The van der Waals surface area contributed by atoms with Gasteiger partial charge in [-0.1, -0.05) is 0 Å². The Kier molecular flexibility index (Phi) is 8.33. The van der Waals surface area contributed by atoms with Gasteiger partial charge in [0.05, 0.1) is 16.9 Å². The Morgan fingerprint density at radius 1 is 1.40 bits per heavy atom. The van der Waals surface area contributed by atoms with Gasteiger partial charge in [-0.3, -0.25) is 9.78 Å². The van der Waals surface area contributed by atoms with Gasteiger partial charge in [0.1, 0.15) is 5.69 Å². The number of carbonyl (C=O) groups excluding carboxylic acids is 1. The monoisotopic (exact) mass is 334 g/mol. The van der Waals surface area contributed by atoms with Crippen LogP contribution in [0.1, 0.15) is 21.1 Å². The highest BCUT2D eigenvalue weighted by Gasteiger charge is 2.10. The normalized spacial score (nSPS) is 9.30. The van der Waals surface area contributed by atoms with Gasteiger partial charge in [-0.05, 0) is 25.1 Å². The van der Waals surface area contributed by atoms with E-state index in [1.54, 1.807) is 17.8 Å². The number of anilines is 1. The van der Waals surface area contributed by atoms with Crippen LogP contribution in [-0.2, 0) is 6.42 Å². The maximum absolute atomic E-state index is 11.9. The number of rotatable bonds is 4. The Bertz CT molecular complexity index is 562. The van der Waals surface area contributed by atoms with Crippen LogP contribution in [0.4, 0.5) is 5.69 Å². The number of aromatic nitrogens is 2. The molecule has 2 aromatic rings. The first kappa shape index (κ1) is 18.8. The van der Waals surface area contributed by atoms with Crippen LogP contribution in [0, 0.1) is 6.92 Å². The van der Waals surface area contributed by atoms with Gasteiger partial charge >= 0.3 is 0 Å². The molecule has 5 nitrogen and oxygen atoms in total. The predicted molar refractivity (Wildman–Crippen MR) is 86.3 cm³/mol. The van der Waals surface area contributed by atoms with E-state index in [0.717, 1.165) is 10.6 Å². The van der Waals surface area contributed by atoms with Crippen molar-refractivity contribution in [1.82, 2.24) is 9.97 Å². The van der Waals surface area contributed by atoms with E-state index in [-0.39, 0.29) is 30.7 Å². The molecule has 0 aliphatic carbocycles. The molecule has 1 amide bonds. The van der Waals surface area contributed by atoms with Crippen molar-refractivity contribution in [3.8, 4) is 0 Å². The number of thiazole rings is 1. The molecule has 110 valence electrons. The molecular weight excluding hydrogens is 319 g/mol. The van der Waals surface area contributed by atoms with Crippen LogP contribution in [0.25, 0.3) is 0 Å². The highest BCUT2D eigenvalue weighted by Crippen LogP contribution is 2.13. The molecule has 0 radical (unpaired) electrons. The van der Waals surface area contributed by atoms with Crippen molar-refractivity contribution in [3.05, 3.63) is 40.1 Å². The second kappa shape index (κ2) is 8.86. The van der Waals surface area contributed by atoms with Crippen molar-refractivity contribution >= 4 is 47.7 Å². The van der Waals surface area contributed by atoms with E-state index in [0.29, 0.717) is 24.3 Å². The third-order valence-electron chi connectivity index (χ3n) is 2.28. The lowest BCUT2D eigenvalue weighted by atomic mass is 10.3. The number of nitrogens with one attached hydrogen (secondary N) is 1. The first-order valence-corrected chi connectivity index (χ1v) is 6.44. The Balaban J connectivity index is 0.00000180. The summed E-state index contributed by atoms with van der Waals surface area (Å²) in [5.74, 6) is -0.220. The first-order valence-electron chi connectivity index (χ1n) is 5.56. The zero-order valence-electron chi connectivity index (χ0n) is 10.8. The van der Waals surface area contributed by atoms with E-state index >= 15 is 0 Å². The molecule has 8 heteroatoms. The lowest BCUT2D eigenvalue weighted by Gasteiger charge is -2.02. The number of pyridine rings is 1. The molecule has 2 rings (SSSR count). The van der Waals surface area contributed by atoms with Gasteiger partial charge in [-0.2, -0.15) is 0 Å². The Labute approximate surface area is 133 Å². The summed E-state index contributed by atoms with van der Waals surface area (Å²) in [7, 11) is 0. The largest absolute Gasteiger partial charge is 0.330 e. The molecule has 2 aromatic heterocycles. The van der Waals surface area contributed by atoms with E-state index in [1.165, 1.54) is 11.3 Å². The van der Waals surface area contributed by atoms with Crippen molar-refractivity contribution in [3.63, 3.8) is 0 Å². The summed E-state index contributed by atoms with van der Waals surface area (Å²) < 4.78 is 0. The van der Waals surface area contributed by atoms with Gasteiger partial charge in [-0.15, -0.1) is 36.2 Å². The summed E-state index contributed by atoms with van der Waals surface area (Å²) >= 11 is 1.45. The summed E-state index contributed by atoms with van der Waals surface area (Å²) in [5.41, 5.74) is 7.53. The molecule has 0 unspecified atom stereocenters. The van der Waals surface area contributed by atoms with Crippen LogP contribution < -0.4 is 11.1 Å². The Morgan fingerprint density at radius 3 is 2.80 bits per heavy atom. The SMILES string of the molecule is Cc1cncc(NC(=O)c2csc(CCN)n2)c1.Cl.Cl. The quantitative estimate of drug-likeness (QED) is 0.899. The molecular formula is C12H16Cl2N4OS. The smallest absolute Gasteiger partial charge is 0.275 e. The summed E-state index contributed by atoms with van der Waals surface area (Å²) in [6, 6.07) is 1.86. The van der Waals surface area contributed by atoms with E-state index < -0.39 is 0 Å². The lowest BCUT2D eigenvalue weighted by molar-refractivity contribution is 0.102. The standard InChI is InChI=1S/C12H14N4OS.2ClH/c1-8-4-9(6-14-5-8)15-12(17)10-7-18-11(16-10)2-3-13;;/h4-7H,2-3,13H2,1H3,(H,15,17);2*1H. The molecule has 0 aromatic carbocycles. The fourth-order valence-electron chi connectivity index (χ4n) is 1.47. The van der Waals surface area contributed by atoms with Gasteiger partial charge in [0.15, 0.2) is 0 Å². The highest BCUT2D eigenvalue weighted by molar-refractivity contribution is 7.09. The van der Waals surface area contributed by atoms with E-state index in [9.17, 15) is 4.79 Å². The summed E-state index contributed by atoms with van der Waals surface area (Å²) in [5, 5.41) is 5.39. The topological polar surface area (TPSA) is 80.9 Å². The first-order chi connectivity index (χ1) is 8.69. The van der Waals surface area contributed by atoms with Crippen molar-refractivity contribution in [2.75, 3.05) is 11.9 Å². The summed E-state index contributed by atoms with van der Waals surface area (Å²) in [6.45, 7) is 2.46. The number of halogens is 2. The molecule has 0 saturated carbocycles. The van der Waals surface area contributed by atoms with Crippen molar-refractivity contribution in [1.29, 1.82) is 0 Å². The van der Waals surface area contributed by atoms with E-state index in [2.05, 4.69) is 15.3 Å². The molecule has 3 N–H and O–H groups in total. The maximum Gasteiger partial charge on any atom is 0.275 e. The van der Waals surface area contributed by atoms with Crippen molar-refractivity contribution < 1.29 is 4.79 Å². The predicted octanol–water partition coefficient (Wildman–Crippen LogP) is 2.44. The third kappa shape index (κ3) is 5.05. The average molecular weight is 335 g/mol. The van der Waals surface area contributed by atoms with Gasteiger partial charge in [-0.25, -0.2) is 4.98 Å². The van der Waals surface area contributed by atoms with Crippen LogP contribution in [0.3, 0.4) is 0 Å². The Morgan fingerprint density at radius 2 is 2.15 bits per heavy atom. The number of hydrogen-bond donors (Lipinski definition) is 2. The van der Waals surface area contributed by atoms with Crippen LogP contribution in [0.2, 0.25) is 0 Å². The number of amides is 1. The third-order valence-corrected chi connectivity index (χ3v) is 3.18. The molecule has 0 fully saturated rings. The van der Waals surface area contributed by atoms with Gasteiger partial charge in [0.2, 0.25) is 0 Å². The fourth-order valence-corrected chi connectivity index (χ4v) is 2.27. The number of nitrogens with zero attached hydrogens (tertiary/aromatic N) is 2. The highest BCUT2D eigenvalue weighted by atomic mass is 35.5. The van der Waals surface area contributed by atoms with Crippen LogP contribution in [0.15, 0.2) is 23.8 Å². The lowest BCUT2D eigenvalue weighted by Crippen LogP contribution is -2.13. The molecule has 20 heavy (non-hydrogen) atoms. The van der Waals surface area contributed by atoms with E-state index in [4.69, 9.17) is 5.73 Å². The minimum absolute atomic E-state index is 0. The summed E-state index contributed by atoms with van der Waals surface area (Å²) in [6.07, 6.45) is 4.04. The van der Waals surface area contributed by atoms with Crippen LogP contribution in [-0.4, -0.2) is 22.4 Å². The molecule has 0 bridgehead atoms. The van der Waals surface area contributed by atoms with Gasteiger partial charge < -0.3 is 11.1 Å². The Hall–Kier alpha value is -1.21. The molecule has 0 atom stereocenters. The van der Waals surface area contributed by atoms with Crippen LogP contribution >= 0.6 is 36.2 Å². The second-order valence-corrected chi connectivity index (χ2v) is 4.81. The summed E-state index contributed by atoms with van der Waals surface area (Å²) in [4.78, 5) is 20.2. The van der Waals surface area contributed by atoms with Crippen molar-refractivity contribution in [2.24, 2.45) is 5.73 Å². The zero-order chi connectivity index (χ0) is 13.0. The van der Waals surface area contributed by atoms with Crippen LogP contribution in [0.5, 0.6) is 0 Å². The number of hydrogen-bond acceptors (Lipinski definition) is 5. The molecule has 0 aliphatic heterocycles. The fraction of sp³-hybridized carbons (Fsp3) is 0.250. The van der Waals surface area contributed by atoms with Crippen molar-refractivity contribution in [2.45, 2.75) is 13.3 Å². The number of carbonyl (C=O) groups is 1. The van der Waals surface area contributed by atoms with Gasteiger partial charge in [0.25, 0.3) is 5.91 Å². The average Bonchev–Trinajstić information content (AvgIpc) is 2.78. The molecule has 0 saturated heterocycles. The maximum atomic E-state index is 11.9. The molecule has 2 heterocycles. The minimum atomic E-state index is -0.220.